The zero-order chi connectivity index (χ0) is 14.1. The molecule has 0 radical (unpaired) electrons. The van der Waals surface area contributed by atoms with E-state index in [-0.39, 0.29) is 6.04 Å². The first-order valence-corrected chi connectivity index (χ1v) is 7.97. The second-order valence-corrected chi connectivity index (χ2v) is 6.66. The van der Waals surface area contributed by atoms with E-state index in [0.717, 1.165) is 24.5 Å². The number of fused-ring (bicyclic) bond motifs is 1. The van der Waals surface area contributed by atoms with Crippen molar-refractivity contribution in [2.45, 2.75) is 38.8 Å². The summed E-state index contributed by atoms with van der Waals surface area (Å²) in [5, 5.41) is 1.09. The molecule has 1 unspecified atom stereocenters. The first-order valence-electron chi connectivity index (χ1n) is 7.15. The Hall–Kier alpha value is -1.39. The average molecular weight is 287 g/mol. The fraction of sp³-hybridized carbons (Fsp3) is 0.438. The number of aromatic nitrogens is 1. The Morgan fingerprint density at radius 3 is 3.05 bits per heavy atom. The molecule has 106 valence electrons. The van der Waals surface area contributed by atoms with Gasteiger partial charge < -0.3 is 10.6 Å². The Bertz CT molecular complexity index is 606. The minimum absolute atomic E-state index is 0.192. The standard InChI is InChI=1S/C16H21N3S/c1-11-5-3-6-12(9-11)10-19(2)16-18-14-8-4-7-13(17)15(14)20-16/h3,5-6,9,13H,4,7-8,10,17H2,1-2H3. The van der Waals surface area contributed by atoms with E-state index in [1.165, 1.54) is 28.1 Å². The minimum Gasteiger partial charge on any atom is -0.347 e. The Morgan fingerprint density at radius 2 is 2.30 bits per heavy atom. The molecule has 2 aromatic rings. The molecule has 1 aromatic heterocycles. The maximum absolute atomic E-state index is 6.18. The molecule has 20 heavy (non-hydrogen) atoms. The lowest BCUT2D eigenvalue weighted by Gasteiger charge is -2.16. The van der Waals surface area contributed by atoms with E-state index in [2.05, 4.69) is 43.1 Å². The van der Waals surface area contributed by atoms with Crippen LogP contribution in [0, 0.1) is 6.92 Å². The van der Waals surface area contributed by atoms with Gasteiger partial charge in [0, 0.05) is 24.5 Å². The number of rotatable bonds is 3. The minimum atomic E-state index is 0.192. The van der Waals surface area contributed by atoms with E-state index < -0.39 is 0 Å². The van der Waals surface area contributed by atoms with Crippen molar-refractivity contribution in [1.29, 1.82) is 0 Å². The van der Waals surface area contributed by atoms with Crippen molar-refractivity contribution in [3.05, 3.63) is 46.0 Å². The topological polar surface area (TPSA) is 42.2 Å². The SMILES string of the molecule is Cc1cccc(CN(C)c2nc3c(s2)C(N)CCC3)c1. The van der Waals surface area contributed by atoms with Crippen molar-refractivity contribution in [1.82, 2.24) is 4.98 Å². The number of benzene rings is 1. The van der Waals surface area contributed by atoms with Crippen molar-refractivity contribution >= 4 is 16.5 Å². The quantitative estimate of drug-likeness (QED) is 0.940. The van der Waals surface area contributed by atoms with E-state index in [9.17, 15) is 0 Å². The largest absolute Gasteiger partial charge is 0.347 e. The van der Waals surface area contributed by atoms with Crippen molar-refractivity contribution in [3.8, 4) is 0 Å². The van der Waals surface area contributed by atoms with Crippen LogP contribution in [-0.4, -0.2) is 12.0 Å². The Balaban J connectivity index is 1.79. The summed E-state index contributed by atoms with van der Waals surface area (Å²) < 4.78 is 0. The van der Waals surface area contributed by atoms with Crippen LogP contribution in [0.3, 0.4) is 0 Å². The van der Waals surface area contributed by atoms with E-state index in [0.29, 0.717) is 0 Å². The third-order valence-electron chi connectivity index (χ3n) is 3.81. The second kappa shape index (κ2) is 5.54. The summed E-state index contributed by atoms with van der Waals surface area (Å²) >= 11 is 1.76. The fourth-order valence-corrected chi connectivity index (χ4v) is 3.86. The highest BCUT2D eigenvalue weighted by Gasteiger charge is 2.22. The van der Waals surface area contributed by atoms with Crippen LogP contribution < -0.4 is 10.6 Å². The first kappa shape index (κ1) is 13.6. The number of hydrogen-bond acceptors (Lipinski definition) is 4. The van der Waals surface area contributed by atoms with Gasteiger partial charge in [-0.2, -0.15) is 0 Å². The highest BCUT2D eigenvalue weighted by molar-refractivity contribution is 7.15. The van der Waals surface area contributed by atoms with Crippen molar-refractivity contribution in [3.63, 3.8) is 0 Å². The summed E-state index contributed by atoms with van der Waals surface area (Å²) in [5.74, 6) is 0. The van der Waals surface area contributed by atoms with Crippen molar-refractivity contribution < 1.29 is 0 Å². The lowest BCUT2D eigenvalue weighted by molar-refractivity contribution is 0.573. The lowest BCUT2D eigenvalue weighted by Crippen LogP contribution is -2.16. The smallest absolute Gasteiger partial charge is 0.185 e. The van der Waals surface area contributed by atoms with Gasteiger partial charge >= 0.3 is 0 Å². The molecule has 0 bridgehead atoms. The molecule has 1 heterocycles. The van der Waals surface area contributed by atoms with Crippen molar-refractivity contribution in [2.24, 2.45) is 5.73 Å². The number of aryl methyl sites for hydroxylation is 2. The molecule has 0 aliphatic heterocycles. The highest BCUT2D eigenvalue weighted by atomic mass is 32.1. The van der Waals surface area contributed by atoms with Crippen LogP contribution in [0.4, 0.5) is 5.13 Å². The van der Waals surface area contributed by atoms with Crippen LogP contribution >= 0.6 is 11.3 Å². The van der Waals surface area contributed by atoms with Gasteiger partial charge in [0.15, 0.2) is 5.13 Å². The maximum Gasteiger partial charge on any atom is 0.185 e. The fourth-order valence-electron chi connectivity index (χ4n) is 2.76. The second-order valence-electron chi connectivity index (χ2n) is 5.65. The molecule has 0 amide bonds. The van der Waals surface area contributed by atoms with E-state index in [1.54, 1.807) is 11.3 Å². The van der Waals surface area contributed by atoms with Crippen molar-refractivity contribution in [2.75, 3.05) is 11.9 Å². The number of nitrogens with zero attached hydrogens (tertiary/aromatic N) is 2. The molecular formula is C16H21N3S. The monoisotopic (exact) mass is 287 g/mol. The molecule has 1 atom stereocenters. The summed E-state index contributed by atoms with van der Waals surface area (Å²) in [7, 11) is 2.11. The molecular weight excluding hydrogens is 266 g/mol. The number of anilines is 1. The van der Waals surface area contributed by atoms with Crippen LogP contribution in [0.25, 0.3) is 0 Å². The Kier molecular flexibility index (Phi) is 3.76. The van der Waals surface area contributed by atoms with Gasteiger partial charge in [-0.25, -0.2) is 4.98 Å². The molecule has 2 N–H and O–H groups in total. The van der Waals surface area contributed by atoms with Gasteiger partial charge in [0.05, 0.1) is 5.69 Å². The third-order valence-corrected chi connectivity index (χ3v) is 5.15. The van der Waals surface area contributed by atoms with Crippen LogP contribution in [0.2, 0.25) is 0 Å². The molecule has 0 saturated heterocycles. The molecule has 0 fully saturated rings. The van der Waals surface area contributed by atoms with Crippen LogP contribution in [0.5, 0.6) is 0 Å². The molecule has 0 spiro atoms. The predicted molar refractivity (Wildman–Crippen MR) is 85.3 cm³/mol. The molecule has 1 aromatic carbocycles. The van der Waals surface area contributed by atoms with Gasteiger partial charge in [0.2, 0.25) is 0 Å². The Labute approximate surface area is 124 Å². The molecule has 1 aliphatic carbocycles. The predicted octanol–water partition coefficient (Wildman–Crippen LogP) is 3.42. The van der Waals surface area contributed by atoms with Gasteiger partial charge in [-0.1, -0.05) is 41.2 Å². The molecule has 0 saturated carbocycles. The summed E-state index contributed by atoms with van der Waals surface area (Å²) in [6.45, 7) is 3.02. The normalized spacial score (nSPS) is 17.9. The van der Waals surface area contributed by atoms with E-state index in [4.69, 9.17) is 10.7 Å². The van der Waals surface area contributed by atoms with Crippen LogP contribution in [0.1, 0.15) is 40.6 Å². The van der Waals surface area contributed by atoms with Gasteiger partial charge in [0.25, 0.3) is 0 Å². The van der Waals surface area contributed by atoms with E-state index in [1.807, 2.05) is 0 Å². The highest BCUT2D eigenvalue weighted by Crippen LogP contribution is 2.36. The zero-order valence-electron chi connectivity index (χ0n) is 12.1. The lowest BCUT2D eigenvalue weighted by atomic mass is 9.99. The molecule has 1 aliphatic rings. The summed E-state index contributed by atoms with van der Waals surface area (Å²) in [4.78, 5) is 8.30. The summed E-state index contributed by atoms with van der Waals surface area (Å²) in [6.07, 6.45) is 3.34. The van der Waals surface area contributed by atoms with E-state index >= 15 is 0 Å². The number of hydrogen-bond donors (Lipinski definition) is 1. The van der Waals surface area contributed by atoms with Crippen LogP contribution in [-0.2, 0) is 13.0 Å². The third kappa shape index (κ3) is 2.72. The number of nitrogens with two attached hydrogens (primary N) is 1. The first-order chi connectivity index (χ1) is 9.63. The molecule has 3 rings (SSSR count). The molecule has 4 heteroatoms. The number of thiazole rings is 1. The van der Waals surface area contributed by atoms with Gasteiger partial charge in [-0.15, -0.1) is 0 Å². The molecule has 3 nitrogen and oxygen atoms in total. The summed E-state index contributed by atoms with van der Waals surface area (Å²) in [5.41, 5.74) is 10.0. The Morgan fingerprint density at radius 1 is 1.45 bits per heavy atom. The summed E-state index contributed by atoms with van der Waals surface area (Å²) in [6, 6.07) is 8.84. The van der Waals surface area contributed by atoms with Crippen LogP contribution in [0.15, 0.2) is 24.3 Å². The maximum atomic E-state index is 6.18. The average Bonchev–Trinajstić information content (AvgIpc) is 2.84. The van der Waals surface area contributed by atoms with Gasteiger partial charge in [-0.3, -0.25) is 0 Å². The van der Waals surface area contributed by atoms with Gasteiger partial charge in [0.1, 0.15) is 0 Å². The van der Waals surface area contributed by atoms with Gasteiger partial charge in [-0.05, 0) is 31.7 Å². The zero-order valence-corrected chi connectivity index (χ0v) is 12.9.